The third kappa shape index (κ3) is 4.75. The van der Waals surface area contributed by atoms with Crippen LogP contribution in [0.5, 0.6) is 0 Å². The Bertz CT molecular complexity index is 392. The van der Waals surface area contributed by atoms with Crippen LogP contribution in [-0.2, 0) is 9.30 Å². The molecule has 1 aliphatic heterocycles. The summed E-state index contributed by atoms with van der Waals surface area (Å²) in [6, 6.07) is 0. The van der Waals surface area contributed by atoms with Crippen molar-refractivity contribution in [3.8, 4) is 0 Å². The summed E-state index contributed by atoms with van der Waals surface area (Å²) < 4.78 is 18.5. The SMILES string of the molecule is O=P(O)(NCCCl)N(CCCl)[C@H]1O[C@H](CO)[C@H](O)[C@H](O)[C@H]1O. The van der Waals surface area contributed by atoms with Crippen LogP contribution >= 0.6 is 30.9 Å². The Morgan fingerprint density at radius 2 is 1.77 bits per heavy atom. The first-order valence-corrected chi connectivity index (χ1v) is 9.25. The van der Waals surface area contributed by atoms with E-state index in [0.717, 1.165) is 4.67 Å². The summed E-state index contributed by atoms with van der Waals surface area (Å²) in [6.07, 6.45) is -7.49. The van der Waals surface area contributed by atoms with E-state index in [1.165, 1.54) is 0 Å². The van der Waals surface area contributed by atoms with Gasteiger partial charge in [0.2, 0.25) is 0 Å². The van der Waals surface area contributed by atoms with Gasteiger partial charge >= 0.3 is 7.67 Å². The van der Waals surface area contributed by atoms with E-state index in [0.29, 0.717) is 0 Å². The predicted molar refractivity (Wildman–Crippen MR) is 79.7 cm³/mol. The van der Waals surface area contributed by atoms with Crippen molar-refractivity contribution in [2.24, 2.45) is 0 Å². The van der Waals surface area contributed by atoms with Gasteiger partial charge in [-0.2, -0.15) is 4.67 Å². The van der Waals surface area contributed by atoms with Gasteiger partial charge in [0, 0.05) is 24.8 Å². The molecular formula is C10H21Cl2N2O7P. The van der Waals surface area contributed by atoms with Gasteiger partial charge in [0.05, 0.1) is 6.61 Å². The smallest absolute Gasteiger partial charge is 0.343 e. The molecule has 1 aliphatic rings. The average molecular weight is 383 g/mol. The zero-order valence-corrected chi connectivity index (χ0v) is 14.0. The largest absolute Gasteiger partial charge is 0.394 e. The van der Waals surface area contributed by atoms with E-state index in [1.807, 2.05) is 0 Å². The molecule has 0 amide bonds. The number of hydrogen-bond donors (Lipinski definition) is 6. The maximum Gasteiger partial charge on any atom is 0.343 e. The molecule has 12 heteroatoms. The number of aliphatic hydroxyl groups is 4. The number of halogens is 2. The van der Waals surface area contributed by atoms with Gasteiger partial charge in [-0.1, -0.05) is 0 Å². The fraction of sp³-hybridized carbons (Fsp3) is 1.00. The normalized spacial score (nSPS) is 35.5. The Balaban J connectivity index is 3.00. The van der Waals surface area contributed by atoms with Crippen LogP contribution in [-0.4, -0.2) is 92.1 Å². The molecule has 1 rings (SSSR count). The second-order valence-electron chi connectivity index (χ2n) is 4.71. The lowest BCUT2D eigenvalue weighted by Gasteiger charge is -2.45. The molecule has 9 nitrogen and oxygen atoms in total. The van der Waals surface area contributed by atoms with Crippen LogP contribution in [0.15, 0.2) is 0 Å². The highest BCUT2D eigenvalue weighted by Gasteiger charge is 2.49. The van der Waals surface area contributed by atoms with E-state index in [1.54, 1.807) is 0 Å². The van der Waals surface area contributed by atoms with Crippen molar-refractivity contribution < 1.29 is 34.6 Å². The van der Waals surface area contributed by atoms with Crippen molar-refractivity contribution in [1.29, 1.82) is 0 Å². The molecule has 0 aromatic rings. The predicted octanol–water partition coefficient (Wildman–Crippen LogP) is -1.74. The van der Waals surface area contributed by atoms with E-state index < -0.39 is 44.9 Å². The standard InChI is InChI=1S/C10H21Cl2N2O7P/c11-1-3-13-22(19,20)14(4-2-12)10-9(18)8(17)7(16)6(5-15)21-10/h6-10,15-18H,1-5H2,(H2,13,19,20)/t6-,7+,8+,9-,10+/m1/s1. The van der Waals surface area contributed by atoms with Crippen LogP contribution in [0.1, 0.15) is 0 Å². The molecular weight excluding hydrogens is 362 g/mol. The molecule has 132 valence electrons. The summed E-state index contributed by atoms with van der Waals surface area (Å²) in [6.45, 7) is -0.764. The molecule has 22 heavy (non-hydrogen) atoms. The highest BCUT2D eigenvalue weighted by Crippen LogP contribution is 2.44. The maximum absolute atomic E-state index is 12.3. The van der Waals surface area contributed by atoms with Gasteiger partial charge in [0.1, 0.15) is 30.6 Å². The molecule has 0 aromatic heterocycles. The van der Waals surface area contributed by atoms with Gasteiger partial charge in [-0.15, -0.1) is 23.2 Å². The Morgan fingerprint density at radius 3 is 2.27 bits per heavy atom. The molecule has 1 heterocycles. The van der Waals surface area contributed by atoms with E-state index in [4.69, 9.17) is 33.0 Å². The highest BCUT2D eigenvalue weighted by molar-refractivity contribution is 7.53. The van der Waals surface area contributed by atoms with Gasteiger partial charge in [-0.05, 0) is 0 Å². The van der Waals surface area contributed by atoms with Gasteiger partial charge in [-0.25, -0.2) is 5.09 Å². The molecule has 6 N–H and O–H groups in total. The lowest BCUT2D eigenvalue weighted by molar-refractivity contribution is -0.253. The van der Waals surface area contributed by atoms with Crippen molar-refractivity contribution in [2.75, 3.05) is 31.5 Å². The molecule has 1 fully saturated rings. The number of rotatable bonds is 8. The first-order chi connectivity index (χ1) is 10.3. The maximum atomic E-state index is 12.3. The first kappa shape index (κ1) is 20.5. The van der Waals surface area contributed by atoms with Crippen molar-refractivity contribution >= 4 is 30.9 Å². The van der Waals surface area contributed by atoms with Gasteiger partial charge in [0.25, 0.3) is 0 Å². The second-order valence-corrected chi connectivity index (χ2v) is 7.39. The fourth-order valence-electron chi connectivity index (χ4n) is 2.11. The molecule has 0 aliphatic carbocycles. The number of hydrogen-bond acceptors (Lipinski definition) is 6. The van der Waals surface area contributed by atoms with Crippen LogP contribution < -0.4 is 5.09 Å². The minimum absolute atomic E-state index is 0.0194. The van der Waals surface area contributed by atoms with E-state index in [2.05, 4.69) is 5.09 Å². The minimum atomic E-state index is -4.17. The Morgan fingerprint density at radius 1 is 1.14 bits per heavy atom. The van der Waals surface area contributed by atoms with Crippen molar-refractivity contribution in [1.82, 2.24) is 9.76 Å². The van der Waals surface area contributed by atoms with Gasteiger partial charge in [0.15, 0.2) is 0 Å². The molecule has 0 radical (unpaired) electrons. The average Bonchev–Trinajstić information content (AvgIpc) is 2.49. The Labute approximate surface area is 138 Å². The summed E-state index contributed by atoms with van der Waals surface area (Å²) in [5.41, 5.74) is 0. The van der Waals surface area contributed by atoms with Crippen LogP contribution in [0.3, 0.4) is 0 Å². The molecule has 0 saturated carbocycles. The topological polar surface area (TPSA) is 143 Å². The molecule has 6 atom stereocenters. The Kier molecular flexibility index (Phi) is 8.49. The second kappa shape index (κ2) is 9.10. The summed E-state index contributed by atoms with van der Waals surface area (Å²) in [7, 11) is -4.17. The minimum Gasteiger partial charge on any atom is -0.394 e. The van der Waals surface area contributed by atoms with Crippen LogP contribution in [0.4, 0.5) is 0 Å². The Hall–Kier alpha value is 0.490. The van der Waals surface area contributed by atoms with Crippen LogP contribution in [0.2, 0.25) is 0 Å². The number of nitrogens with zero attached hydrogens (tertiary/aromatic N) is 1. The molecule has 0 bridgehead atoms. The number of aliphatic hydroxyl groups excluding tert-OH is 4. The van der Waals surface area contributed by atoms with E-state index in [9.17, 15) is 24.8 Å². The monoisotopic (exact) mass is 382 g/mol. The fourth-order valence-corrected chi connectivity index (χ4v) is 4.09. The number of ether oxygens (including phenoxy) is 1. The summed E-state index contributed by atoms with van der Waals surface area (Å²) >= 11 is 11.1. The third-order valence-corrected chi connectivity index (χ3v) is 5.35. The first-order valence-electron chi connectivity index (χ1n) is 6.57. The van der Waals surface area contributed by atoms with Crippen molar-refractivity contribution in [3.63, 3.8) is 0 Å². The lowest BCUT2D eigenvalue weighted by atomic mass is 9.98. The summed E-state index contributed by atoms with van der Waals surface area (Å²) in [4.78, 5) is 10.1. The van der Waals surface area contributed by atoms with Crippen molar-refractivity contribution in [2.45, 2.75) is 30.6 Å². The quantitative estimate of drug-likeness (QED) is 0.213. The van der Waals surface area contributed by atoms with Gasteiger partial charge in [-0.3, -0.25) is 4.57 Å². The third-order valence-electron chi connectivity index (χ3n) is 3.23. The molecule has 0 spiro atoms. The molecule has 1 unspecified atom stereocenters. The molecule has 0 aromatic carbocycles. The highest BCUT2D eigenvalue weighted by atomic mass is 35.5. The van der Waals surface area contributed by atoms with Crippen molar-refractivity contribution in [3.05, 3.63) is 0 Å². The zero-order chi connectivity index (χ0) is 16.9. The van der Waals surface area contributed by atoms with Crippen LogP contribution in [0.25, 0.3) is 0 Å². The summed E-state index contributed by atoms with van der Waals surface area (Å²) in [5.74, 6) is 0.0239. The number of nitrogens with one attached hydrogen (secondary N) is 1. The molecule has 1 saturated heterocycles. The lowest BCUT2D eigenvalue weighted by Crippen LogP contribution is -2.63. The van der Waals surface area contributed by atoms with E-state index in [-0.39, 0.29) is 24.8 Å². The number of alkyl halides is 2. The van der Waals surface area contributed by atoms with Crippen LogP contribution in [0, 0.1) is 0 Å². The summed E-state index contributed by atoms with van der Waals surface area (Å²) in [5, 5.41) is 41.0. The zero-order valence-electron chi connectivity index (χ0n) is 11.6. The van der Waals surface area contributed by atoms with Gasteiger partial charge < -0.3 is 30.1 Å². The van der Waals surface area contributed by atoms with E-state index >= 15 is 0 Å².